The van der Waals surface area contributed by atoms with E-state index in [1.54, 1.807) is 6.92 Å². The molecule has 0 fully saturated rings. The minimum atomic E-state index is -0.600. The molecule has 100 valence electrons. The van der Waals surface area contributed by atoms with Crippen LogP contribution in [0, 0.1) is 13.8 Å². The van der Waals surface area contributed by atoms with Gasteiger partial charge in [-0.05, 0) is 13.8 Å². The van der Waals surface area contributed by atoms with Crippen LogP contribution in [0.25, 0.3) is 0 Å². The van der Waals surface area contributed by atoms with Gasteiger partial charge in [0.25, 0.3) is 0 Å². The van der Waals surface area contributed by atoms with Gasteiger partial charge in [-0.25, -0.2) is 4.79 Å². The zero-order chi connectivity index (χ0) is 14.0. The summed E-state index contributed by atoms with van der Waals surface area (Å²) in [4.78, 5) is 22.8. The van der Waals surface area contributed by atoms with E-state index in [9.17, 15) is 9.59 Å². The van der Waals surface area contributed by atoms with Gasteiger partial charge in [-0.1, -0.05) is 0 Å². The Morgan fingerprint density at radius 3 is 2.33 bits per heavy atom. The van der Waals surface area contributed by atoms with Crippen LogP contribution in [0.1, 0.15) is 39.8 Å². The first-order valence-corrected chi connectivity index (χ1v) is 5.59. The Labute approximate surface area is 106 Å². The van der Waals surface area contributed by atoms with E-state index in [4.69, 9.17) is 16.2 Å². The maximum Gasteiger partial charge on any atom is 0.340 e. The summed E-state index contributed by atoms with van der Waals surface area (Å²) in [5.74, 6) is -0.953. The molecule has 6 heteroatoms. The maximum atomic E-state index is 11.8. The molecule has 0 aromatic carbocycles. The second-order valence-corrected chi connectivity index (χ2v) is 4.29. The summed E-state index contributed by atoms with van der Waals surface area (Å²) in [6.07, 6.45) is -0.00567. The van der Waals surface area contributed by atoms with E-state index in [-0.39, 0.29) is 6.42 Å². The summed E-state index contributed by atoms with van der Waals surface area (Å²) < 4.78 is 6.61. The third-order valence-corrected chi connectivity index (χ3v) is 3.21. The van der Waals surface area contributed by atoms with Gasteiger partial charge in [-0.3, -0.25) is 4.79 Å². The summed E-state index contributed by atoms with van der Waals surface area (Å²) >= 11 is 0. The van der Waals surface area contributed by atoms with Gasteiger partial charge in [0.15, 0.2) is 0 Å². The number of nitrogens with two attached hydrogens (primary N) is 2. The number of methoxy groups -OCH3 is 1. The predicted molar refractivity (Wildman–Crippen MR) is 67.0 cm³/mol. The lowest BCUT2D eigenvalue weighted by molar-refractivity contribution is -0.118. The summed E-state index contributed by atoms with van der Waals surface area (Å²) in [5.41, 5.74) is 13.7. The Morgan fingerprint density at radius 2 is 1.89 bits per heavy atom. The van der Waals surface area contributed by atoms with E-state index < -0.39 is 17.9 Å². The van der Waals surface area contributed by atoms with Gasteiger partial charge in [-0.2, -0.15) is 0 Å². The van der Waals surface area contributed by atoms with E-state index in [1.165, 1.54) is 7.11 Å². The van der Waals surface area contributed by atoms with Crippen molar-refractivity contribution in [1.82, 2.24) is 4.57 Å². The molecule has 0 saturated heterocycles. The Morgan fingerprint density at radius 1 is 1.33 bits per heavy atom. The fourth-order valence-corrected chi connectivity index (χ4v) is 2.11. The largest absolute Gasteiger partial charge is 0.465 e. The van der Waals surface area contributed by atoms with Gasteiger partial charge in [0.05, 0.1) is 12.7 Å². The zero-order valence-electron chi connectivity index (χ0n) is 11.1. The monoisotopic (exact) mass is 253 g/mol. The highest BCUT2D eigenvalue weighted by atomic mass is 16.5. The number of nitrogens with zero attached hydrogens (tertiary/aromatic N) is 1. The molecule has 0 saturated carbocycles. The second-order valence-electron chi connectivity index (χ2n) is 4.29. The summed E-state index contributed by atoms with van der Waals surface area (Å²) in [6.45, 7) is 3.65. The van der Waals surface area contributed by atoms with Gasteiger partial charge in [0.2, 0.25) is 5.91 Å². The SMILES string of the molecule is COC(=O)c1c(C(N)CC(N)=O)c(C)n(C)c1C. The number of primary amides is 1. The Kier molecular flexibility index (Phi) is 4.13. The third-order valence-electron chi connectivity index (χ3n) is 3.21. The van der Waals surface area contributed by atoms with Crippen molar-refractivity contribution in [3.05, 3.63) is 22.5 Å². The lowest BCUT2D eigenvalue weighted by atomic mass is 9.99. The van der Waals surface area contributed by atoms with E-state index in [2.05, 4.69) is 0 Å². The number of hydrogen-bond acceptors (Lipinski definition) is 4. The number of carbonyl (C=O) groups is 2. The number of esters is 1. The topological polar surface area (TPSA) is 100 Å². The highest BCUT2D eigenvalue weighted by molar-refractivity contribution is 5.93. The lowest BCUT2D eigenvalue weighted by Crippen LogP contribution is -2.23. The molecule has 1 rings (SSSR count). The smallest absolute Gasteiger partial charge is 0.340 e. The molecule has 1 unspecified atom stereocenters. The van der Waals surface area contributed by atoms with Crippen molar-refractivity contribution in [3.8, 4) is 0 Å². The summed E-state index contributed by atoms with van der Waals surface area (Å²) in [7, 11) is 3.14. The fraction of sp³-hybridized carbons (Fsp3) is 0.500. The molecule has 0 aliphatic heterocycles. The molecule has 1 amide bonds. The summed E-state index contributed by atoms with van der Waals surface area (Å²) in [6, 6.07) is -0.600. The zero-order valence-corrected chi connectivity index (χ0v) is 11.1. The molecule has 0 radical (unpaired) electrons. The van der Waals surface area contributed by atoms with Crippen LogP contribution < -0.4 is 11.5 Å². The molecule has 1 aromatic rings. The van der Waals surface area contributed by atoms with Crippen molar-refractivity contribution in [1.29, 1.82) is 0 Å². The molecule has 0 spiro atoms. The normalized spacial score (nSPS) is 12.3. The Balaban J connectivity index is 3.37. The van der Waals surface area contributed by atoms with Crippen LogP contribution >= 0.6 is 0 Å². The Bertz CT molecular complexity index is 491. The number of aromatic nitrogens is 1. The molecule has 0 aliphatic carbocycles. The van der Waals surface area contributed by atoms with Crippen molar-refractivity contribution < 1.29 is 14.3 Å². The van der Waals surface area contributed by atoms with Gasteiger partial charge in [0.1, 0.15) is 0 Å². The van der Waals surface area contributed by atoms with Crippen molar-refractivity contribution >= 4 is 11.9 Å². The van der Waals surface area contributed by atoms with Gasteiger partial charge in [-0.15, -0.1) is 0 Å². The highest BCUT2D eigenvalue weighted by Crippen LogP contribution is 2.28. The average molecular weight is 253 g/mol. The van der Waals surface area contributed by atoms with Crippen LogP contribution in [0.3, 0.4) is 0 Å². The molecule has 4 N–H and O–H groups in total. The molecule has 1 heterocycles. The van der Waals surface area contributed by atoms with Gasteiger partial charge < -0.3 is 20.8 Å². The quantitative estimate of drug-likeness (QED) is 0.754. The first-order chi connectivity index (χ1) is 8.31. The van der Waals surface area contributed by atoms with E-state index in [1.807, 2.05) is 18.5 Å². The minimum absolute atomic E-state index is 0.00567. The average Bonchev–Trinajstić information content (AvgIpc) is 2.51. The molecule has 0 bridgehead atoms. The van der Waals surface area contributed by atoms with Crippen LogP contribution in [0.2, 0.25) is 0 Å². The van der Waals surface area contributed by atoms with Crippen molar-refractivity contribution in [2.75, 3.05) is 7.11 Å². The molecule has 18 heavy (non-hydrogen) atoms. The molecule has 1 aromatic heterocycles. The third kappa shape index (κ3) is 2.38. The van der Waals surface area contributed by atoms with Crippen molar-refractivity contribution in [2.45, 2.75) is 26.3 Å². The van der Waals surface area contributed by atoms with Crippen LogP contribution in [0.5, 0.6) is 0 Å². The summed E-state index contributed by atoms with van der Waals surface area (Å²) in [5, 5.41) is 0. The van der Waals surface area contributed by atoms with Crippen LogP contribution in [-0.2, 0) is 16.6 Å². The molecule has 1 atom stereocenters. The number of ether oxygens (including phenoxy) is 1. The van der Waals surface area contributed by atoms with E-state index in [0.29, 0.717) is 11.1 Å². The molecular weight excluding hydrogens is 234 g/mol. The molecular formula is C12H19N3O3. The number of rotatable bonds is 4. The standard InChI is InChI=1S/C12H19N3O3/c1-6-10(8(13)5-9(14)16)11(12(17)18-4)7(2)15(6)3/h8H,5,13H2,1-4H3,(H2,14,16). The first-order valence-electron chi connectivity index (χ1n) is 5.59. The number of amides is 1. The maximum absolute atomic E-state index is 11.8. The van der Waals surface area contributed by atoms with E-state index in [0.717, 1.165) is 11.4 Å². The second kappa shape index (κ2) is 5.22. The number of carbonyl (C=O) groups excluding carboxylic acids is 2. The molecule has 0 aliphatic rings. The van der Waals surface area contributed by atoms with Gasteiger partial charge in [0, 0.05) is 36.5 Å². The fourth-order valence-electron chi connectivity index (χ4n) is 2.11. The van der Waals surface area contributed by atoms with E-state index >= 15 is 0 Å². The molecule has 6 nitrogen and oxygen atoms in total. The predicted octanol–water partition coefficient (Wildman–Crippen LogP) is 0.304. The highest BCUT2D eigenvalue weighted by Gasteiger charge is 2.26. The van der Waals surface area contributed by atoms with Crippen LogP contribution in [0.15, 0.2) is 0 Å². The van der Waals surface area contributed by atoms with Crippen LogP contribution in [0.4, 0.5) is 0 Å². The number of hydrogen-bond donors (Lipinski definition) is 2. The lowest BCUT2D eigenvalue weighted by Gasteiger charge is -2.12. The van der Waals surface area contributed by atoms with Gasteiger partial charge >= 0.3 is 5.97 Å². The van der Waals surface area contributed by atoms with Crippen molar-refractivity contribution in [3.63, 3.8) is 0 Å². The van der Waals surface area contributed by atoms with Crippen LogP contribution in [-0.4, -0.2) is 23.6 Å². The first kappa shape index (κ1) is 14.2. The van der Waals surface area contributed by atoms with Crippen molar-refractivity contribution in [2.24, 2.45) is 18.5 Å². The Hall–Kier alpha value is -1.82. The minimum Gasteiger partial charge on any atom is -0.465 e.